The lowest BCUT2D eigenvalue weighted by atomic mass is 9.48. The molecule has 0 heterocycles. The Morgan fingerprint density at radius 2 is 1.69 bits per heavy atom. The average Bonchev–Trinajstić information content (AvgIpc) is 2.60. The fourth-order valence-electron chi connectivity index (χ4n) is 6.26. The summed E-state index contributed by atoms with van der Waals surface area (Å²) in [5, 5.41) is 3.15. The van der Waals surface area contributed by atoms with Crippen LogP contribution >= 0.6 is 15.9 Å². The van der Waals surface area contributed by atoms with E-state index in [2.05, 4.69) is 58.2 Å². The van der Waals surface area contributed by atoms with E-state index in [1.807, 2.05) is 0 Å². The summed E-state index contributed by atoms with van der Waals surface area (Å²) < 4.78 is 0.985. The molecule has 4 saturated carbocycles. The Labute approximate surface area is 166 Å². The Balaban J connectivity index is 1.54. The number of amides is 1. The molecule has 0 aliphatic heterocycles. The van der Waals surface area contributed by atoms with Gasteiger partial charge in [-0.1, -0.05) is 19.9 Å². The molecule has 4 fully saturated rings. The first-order valence-electron chi connectivity index (χ1n) is 10.3. The first-order valence-corrected chi connectivity index (χ1v) is 11.1. The number of nitrogens with zero attached hydrogens (tertiary/aromatic N) is 1. The summed E-state index contributed by atoms with van der Waals surface area (Å²) >= 11 is 3.64. The summed E-state index contributed by atoms with van der Waals surface area (Å²) in [7, 11) is 0. The van der Waals surface area contributed by atoms with Crippen molar-refractivity contribution < 1.29 is 4.79 Å². The van der Waals surface area contributed by atoms with Crippen molar-refractivity contribution in [3.05, 3.63) is 28.2 Å². The van der Waals surface area contributed by atoms with Crippen LogP contribution in [0.15, 0.2) is 22.7 Å². The van der Waals surface area contributed by atoms with Crippen molar-refractivity contribution in [2.45, 2.75) is 57.8 Å². The fourth-order valence-corrected chi connectivity index (χ4v) is 6.60. The van der Waals surface area contributed by atoms with E-state index in [4.69, 9.17) is 0 Å². The van der Waals surface area contributed by atoms with Gasteiger partial charge in [0.1, 0.15) is 0 Å². The SMILES string of the molecule is CCN(CC)CC(=O)Nc1cc(C23CC4CC(CC(C4)C2)C3)ccc1Br. The zero-order valence-electron chi connectivity index (χ0n) is 16.1. The molecule has 4 bridgehead atoms. The summed E-state index contributed by atoms with van der Waals surface area (Å²) in [6.45, 7) is 6.46. The van der Waals surface area contributed by atoms with Gasteiger partial charge in [0.05, 0.1) is 12.2 Å². The lowest BCUT2D eigenvalue weighted by Gasteiger charge is -2.57. The Morgan fingerprint density at radius 3 is 2.23 bits per heavy atom. The van der Waals surface area contributed by atoms with Crippen LogP contribution in [0.5, 0.6) is 0 Å². The summed E-state index contributed by atoms with van der Waals surface area (Å²) in [5.41, 5.74) is 2.77. The number of hydrogen-bond donors (Lipinski definition) is 1. The smallest absolute Gasteiger partial charge is 0.238 e. The van der Waals surface area contributed by atoms with Crippen LogP contribution in [0, 0.1) is 17.8 Å². The number of benzene rings is 1. The number of anilines is 1. The molecule has 4 aliphatic carbocycles. The van der Waals surface area contributed by atoms with Gasteiger partial charge in [0.2, 0.25) is 5.91 Å². The number of nitrogens with one attached hydrogen (secondary N) is 1. The second kappa shape index (κ2) is 7.27. The van der Waals surface area contributed by atoms with Crippen molar-refractivity contribution in [3.63, 3.8) is 0 Å². The third-order valence-electron chi connectivity index (χ3n) is 7.15. The monoisotopic (exact) mass is 418 g/mol. The minimum atomic E-state index is 0.0806. The van der Waals surface area contributed by atoms with Gasteiger partial charge in [-0.05, 0) is 108 Å². The highest BCUT2D eigenvalue weighted by atomic mass is 79.9. The first-order chi connectivity index (χ1) is 12.5. The molecule has 1 aromatic carbocycles. The van der Waals surface area contributed by atoms with Crippen LogP contribution in [-0.4, -0.2) is 30.4 Å². The topological polar surface area (TPSA) is 32.3 Å². The van der Waals surface area contributed by atoms with Crippen molar-refractivity contribution in [2.75, 3.05) is 25.0 Å². The maximum Gasteiger partial charge on any atom is 0.238 e. The molecule has 0 aromatic heterocycles. The molecule has 0 saturated heterocycles. The number of likely N-dealkylation sites (N-methyl/N-ethyl adjacent to an activating group) is 1. The van der Waals surface area contributed by atoms with Crippen LogP contribution in [-0.2, 0) is 10.2 Å². The van der Waals surface area contributed by atoms with E-state index in [0.29, 0.717) is 12.0 Å². The Bertz CT molecular complexity index is 647. The van der Waals surface area contributed by atoms with Crippen molar-refractivity contribution in [2.24, 2.45) is 17.8 Å². The number of carbonyl (C=O) groups excluding carboxylic acids is 1. The Hall–Kier alpha value is -0.870. The Kier molecular flexibility index (Phi) is 5.17. The predicted molar refractivity (Wildman–Crippen MR) is 110 cm³/mol. The zero-order chi connectivity index (χ0) is 18.3. The van der Waals surface area contributed by atoms with E-state index < -0.39 is 0 Å². The zero-order valence-corrected chi connectivity index (χ0v) is 17.6. The van der Waals surface area contributed by atoms with E-state index in [9.17, 15) is 4.79 Å². The number of halogens is 1. The third-order valence-corrected chi connectivity index (χ3v) is 7.84. The third kappa shape index (κ3) is 3.47. The quantitative estimate of drug-likeness (QED) is 0.688. The second-order valence-corrected chi connectivity index (χ2v) is 9.76. The minimum absolute atomic E-state index is 0.0806. The molecular weight excluding hydrogens is 388 g/mol. The maximum atomic E-state index is 12.5. The minimum Gasteiger partial charge on any atom is -0.324 e. The van der Waals surface area contributed by atoms with Crippen LogP contribution in [0.3, 0.4) is 0 Å². The van der Waals surface area contributed by atoms with E-state index in [-0.39, 0.29) is 5.91 Å². The van der Waals surface area contributed by atoms with Gasteiger partial charge in [-0.25, -0.2) is 0 Å². The van der Waals surface area contributed by atoms with E-state index in [1.54, 1.807) is 0 Å². The summed E-state index contributed by atoms with van der Waals surface area (Å²) in [6.07, 6.45) is 8.45. The molecule has 0 radical (unpaired) electrons. The van der Waals surface area contributed by atoms with Gasteiger partial charge in [-0.2, -0.15) is 0 Å². The lowest BCUT2D eigenvalue weighted by molar-refractivity contribution is -0.117. The van der Waals surface area contributed by atoms with Crippen molar-refractivity contribution >= 4 is 27.5 Å². The lowest BCUT2D eigenvalue weighted by Crippen LogP contribution is -2.48. The van der Waals surface area contributed by atoms with Crippen LogP contribution < -0.4 is 5.32 Å². The predicted octanol–water partition coefficient (Wildman–Crippen LogP) is 5.20. The summed E-state index contributed by atoms with van der Waals surface area (Å²) in [4.78, 5) is 14.6. The molecule has 0 spiro atoms. The molecule has 26 heavy (non-hydrogen) atoms. The highest BCUT2D eigenvalue weighted by Gasteiger charge is 2.51. The maximum absolute atomic E-state index is 12.5. The molecular formula is C22H31BrN2O. The van der Waals surface area contributed by atoms with Crippen molar-refractivity contribution in [1.82, 2.24) is 4.90 Å². The second-order valence-electron chi connectivity index (χ2n) is 8.90. The van der Waals surface area contributed by atoms with E-state index in [1.165, 1.54) is 44.1 Å². The van der Waals surface area contributed by atoms with E-state index in [0.717, 1.165) is 41.0 Å². The van der Waals surface area contributed by atoms with Crippen LogP contribution in [0.4, 0.5) is 5.69 Å². The molecule has 142 valence electrons. The van der Waals surface area contributed by atoms with Crippen molar-refractivity contribution in [1.29, 1.82) is 0 Å². The molecule has 5 rings (SSSR count). The van der Waals surface area contributed by atoms with Gasteiger partial charge in [-0.3, -0.25) is 9.69 Å². The standard InChI is InChI=1S/C22H31BrN2O/c1-3-25(4-2)14-21(26)24-20-10-18(5-6-19(20)23)22-11-15-7-16(12-22)9-17(8-15)13-22/h5-6,10,15-17H,3-4,7-9,11-14H2,1-2H3,(H,24,26). The molecule has 4 aliphatic rings. The summed E-state index contributed by atoms with van der Waals surface area (Å²) in [5.74, 6) is 2.89. The van der Waals surface area contributed by atoms with Crippen molar-refractivity contribution in [3.8, 4) is 0 Å². The molecule has 0 unspecified atom stereocenters. The average molecular weight is 419 g/mol. The molecule has 4 heteroatoms. The number of carbonyl (C=O) groups is 1. The molecule has 0 atom stereocenters. The highest BCUT2D eigenvalue weighted by Crippen LogP contribution is 2.61. The van der Waals surface area contributed by atoms with Gasteiger partial charge < -0.3 is 5.32 Å². The van der Waals surface area contributed by atoms with Gasteiger partial charge >= 0.3 is 0 Å². The molecule has 1 aromatic rings. The van der Waals surface area contributed by atoms with Gasteiger partial charge in [0, 0.05) is 4.47 Å². The molecule has 3 nitrogen and oxygen atoms in total. The Morgan fingerprint density at radius 1 is 1.12 bits per heavy atom. The molecule has 1 N–H and O–H groups in total. The van der Waals surface area contributed by atoms with E-state index >= 15 is 0 Å². The van der Waals surface area contributed by atoms with Crippen LogP contribution in [0.2, 0.25) is 0 Å². The highest BCUT2D eigenvalue weighted by molar-refractivity contribution is 9.10. The number of rotatable bonds is 6. The van der Waals surface area contributed by atoms with Gasteiger partial charge in [0.15, 0.2) is 0 Å². The first kappa shape index (κ1) is 18.5. The van der Waals surface area contributed by atoms with Gasteiger partial charge in [0.25, 0.3) is 0 Å². The van der Waals surface area contributed by atoms with Crippen LogP contribution in [0.25, 0.3) is 0 Å². The van der Waals surface area contributed by atoms with Crippen LogP contribution in [0.1, 0.15) is 57.9 Å². The fraction of sp³-hybridized carbons (Fsp3) is 0.682. The van der Waals surface area contributed by atoms with Gasteiger partial charge in [-0.15, -0.1) is 0 Å². The molecule has 1 amide bonds. The normalized spacial score (nSPS) is 32.2. The largest absolute Gasteiger partial charge is 0.324 e. The number of hydrogen-bond acceptors (Lipinski definition) is 2. The summed E-state index contributed by atoms with van der Waals surface area (Å²) in [6, 6.07) is 6.70.